The molecule has 5 rings (SSSR count). The fourth-order valence-corrected chi connectivity index (χ4v) is 5.24. The molecule has 9 heteroatoms. The van der Waals surface area contributed by atoms with E-state index in [0.29, 0.717) is 46.0 Å². The standard InChI is InChI=1S/C29H30Cl2N4O3/c1-33-14-16-34(17-15-33)29(36)35-27(20-6-10-22(31)11-7-20)26(19-4-8-21(30)9-5-19)32-28(35)24-13-12-23(37-2)18-25(24)38-3/h4-13,18,26-27H,14-17H2,1-3H3/t26-,27+/m1/s1. The number of urea groups is 1. The van der Waals surface area contributed by atoms with Crippen molar-refractivity contribution in [1.82, 2.24) is 14.7 Å². The lowest BCUT2D eigenvalue weighted by atomic mass is 9.93. The summed E-state index contributed by atoms with van der Waals surface area (Å²) in [6, 6.07) is 19.9. The van der Waals surface area contributed by atoms with Gasteiger partial charge in [0.05, 0.1) is 25.8 Å². The smallest absolute Gasteiger partial charge is 0.326 e. The monoisotopic (exact) mass is 552 g/mol. The Morgan fingerprint density at radius 1 is 0.842 bits per heavy atom. The Hall–Kier alpha value is -3.26. The van der Waals surface area contributed by atoms with Crippen LogP contribution >= 0.6 is 23.2 Å². The number of nitrogens with zero attached hydrogens (tertiary/aromatic N) is 4. The number of methoxy groups -OCH3 is 2. The van der Waals surface area contributed by atoms with Crippen LogP contribution in [0.1, 0.15) is 28.8 Å². The molecule has 0 aliphatic carbocycles. The van der Waals surface area contributed by atoms with Crippen molar-refractivity contribution in [1.29, 1.82) is 0 Å². The molecular formula is C29H30Cl2N4O3. The molecule has 0 aromatic heterocycles. The van der Waals surface area contributed by atoms with Gasteiger partial charge in [-0.05, 0) is 54.6 Å². The van der Waals surface area contributed by atoms with Gasteiger partial charge in [-0.2, -0.15) is 0 Å². The number of aliphatic imine (C=N–C) groups is 1. The van der Waals surface area contributed by atoms with Crippen LogP contribution in [0.5, 0.6) is 11.5 Å². The molecule has 0 radical (unpaired) electrons. The third kappa shape index (κ3) is 5.19. The molecule has 38 heavy (non-hydrogen) atoms. The van der Waals surface area contributed by atoms with E-state index in [2.05, 4.69) is 11.9 Å². The lowest BCUT2D eigenvalue weighted by Crippen LogP contribution is -2.53. The fourth-order valence-electron chi connectivity index (χ4n) is 4.99. The summed E-state index contributed by atoms with van der Waals surface area (Å²) in [5.41, 5.74) is 2.60. The van der Waals surface area contributed by atoms with E-state index in [1.54, 1.807) is 14.2 Å². The molecule has 1 saturated heterocycles. The summed E-state index contributed by atoms with van der Waals surface area (Å²) >= 11 is 12.5. The molecular weight excluding hydrogens is 523 g/mol. The van der Waals surface area contributed by atoms with E-state index in [1.165, 1.54) is 0 Å². The highest BCUT2D eigenvalue weighted by molar-refractivity contribution is 6.30. The molecule has 0 bridgehead atoms. The zero-order chi connectivity index (χ0) is 26.8. The van der Waals surface area contributed by atoms with Crippen molar-refractivity contribution >= 4 is 35.1 Å². The van der Waals surface area contributed by atoms with Crippen molar-refractivity contribution in [2.24, 2.45) is 4.99 Å². The van der Waals surface area contributed by atoms with Gasteiger partial charge in [-0.25, -0.2) is 4.79 Å². The van der Waals surface area contributed by atoms with Gasteiger partial charge in [0.15, 0.2) is 0 Å². The summed E-state index contributed by atoms with van der Waals surface area (Å²) in [6.45, 7) is 2.89. The van der Waals surface area contributed by atoms with E-state index < -0.39 is 6.04 Å². The summed E-state index contributed by atoms with van der Waals surface area (Å²) in [4.78, 5) is 25.5. The quantitative estimate of drug-likeness (QED) is 0.394. The van der Waals surface area contributed by atoms with Gasteiger partial charge in [-0.3, -0.25) is 9.89 Å². The van der Waals surface area contributed by atoms with E-state index in [1.807, 2.05) is 76.5 Å². The Bertz CT molecular complexity index is 1320. The predicted octanol–water partition coefficient (Wildman–Crippen LogP) is 5.92. The molecule has 2 heterocycles. The Kier molecular flexibility index (Phi) is 7.79. The van der Waals surface area contributed by atoms with Gasteiger partial charge in [0, 0.05) is 42.3 Å². The number of piperazine rings is 1. The van der Waals surface area contributed by atoms with Crippen LogP contribution < -0.4 is 9.47 Å². The molecule has 3 aromatic rings. The number of amides is 2. The molecule has 2 aliphatic heterocycles. The first-order valence-electron chi connectivity index (χ1n) is 12.5. The first-order valence-corrected chi connectivity index (χ1v) is 13.2. The first-order chi connectivity index (χ1) is 18.4. The fraction of sp³-hybridized carbons (Fsp3) is 0.310. The zero-order valence-corrected chi connectivity index (χ0v) is 23.1. The van der Waals surface area contributed by atoms with Crippen molar-refractivity contribution in [3.63, 3.8) is 0 Å². The highest BCUT2D eigenvalue weighted by Crippen LogP contribution is 2.45. The van der Waals surface area contributed by atoms with Crippen molar-refractivity contribution in [3.8, 4) is 11.5 Å². The first kappa shape index (κ1) is 26.4. The van der Waals surface area contributed by atoms with Crippen LogP contribution in [-0.4, -0.2) is 74.0 Å². The van der Waals surface area contributed by atoms with Crippen molar-refractivity contribution < 1.29 is 14.3 Å². The lowest BCUT2D eigenvalue weighted by molar-refractivity contribution is 0.130. The van der Waals surface area contributed by atoms with Crippen LogP contribution in [0.15, 0.2) is 71.7 Å². The number of carbonyl (C=O) groups excluding carboxylic acids is 1. The Morgan fingerprint density at radius 3 is 2.03 bits per heavy atom. The minimum atomic E-state index is -0.401. The average molecular weight is 553 g/mol. The van der Waals surface area contributed by atoms with Crippen molar-refractivity contribution in [2.45, 2.75) is 12.1 Å². The Balaban J connectivity index is 1.68. The van der Waals surface area contributed by atoms with Crippen LogP contribution in [0.4, 0.5) is 4.79 Å². The topological polar surface area (TPSA) is 57.6 Å². The number of likely N-dealkylation sites (N-methyl/N-ethyl adjacent to an activating group) is 1. The van der Waals surface area contributed by atoms with Crippen LogP contribution in [0.3, 0.4) is 0 Å². The van der Waals surface area contributed by atoms with E-state index >= 15 is 0 Å². The molecule has 0 N–H and O–H groups in total. The largest absolute Gasteiger partial charge is 0.497 e. The number of rotatable bonds is 5. The van der Waals surface area contributed by atoms with Crippen LogP contribution in [0.2, 0.25) is 10.0 Å². The molecule has 2 amide bonds. The van der Waals surface area contributed by atoms with Gasteiger partial charge in [0.2, 0.25) is 0 Å². The lowest BCUT2D eigenvalue weighted by Gasteiger charge is -2.38. The minimum Gasteiger partial charge on any atom is -0.497 e. The molecule has 7 nitrogen and oxygen atoms in total. The molecule has 3 aromatic carbocycles. The summed E-state index contributed by atoms with van der Waals surface area (Å²) < 4.78 is 11.2. The van der Waals surface area contributed by atoms with E-state index in [4.69, 9.17) is 37.7 Å². The number of hydrogen-bond donors (Lipinski definition) is 0. The van der Waals surface area contributed by atoms with Gasteiger partial charge in [-0.15, -0.1) is 0 Å². The van der Waals surface area contributed by atoms with Crippen molar-refractivity contribution in [2.75, 3.05) is 47.4 Å². The molecule has 0 unspecified atom stereocenters. The zero-order valence-electron chi connectivity index (χ0n) is 21.6. The number of carbonyl (C=O) groups is 1. The normalized spacial score (nSPS) is 19.9. The maximum absolute atomic E-state index is 14.3. The highest BCUT2D eigenvalue weighted by atomic mass is 35.5. The average Bonchev–Trinajstić information content (AvgIpc) is 3.33. The number of benzene rings is 3. The van der Waals surface area contributed by atoms with Crippen LogP contribution in [0.25, 0.3) is 0 Å². The molecule has 1 fully saturated rings. The van der Waals surface area contributed by atoms with Crippen molar-refractivity contribution in [3.05, 3.63) is 93.5 Å². The SMILES string of the molecule is COc1ccc(C2=N[C@H](c3ccc(Cl)cc3)[C@H](c3ccc(Cl)cc3)N2C(=O)N2CCN(C)CC2)c(OC)c1. The molecule has 198 valence electrons. The van der Waals surface area contributed by atoms with E-state index in [0.717, 1.165) is 24.2 Å². The maximum Gasteiger partial charge on any atom is 0.326 e. The number of hydrogen-bond acceptors (Lipinski definition) is 5. The van der Waals surface area contributed by atoms with Gasteiger partial charge < -0.3 is 19.3 Å². The van der Waals surface area contributed by atoms with E-state index in [9.17, 15) is 4.79 Å². The summed E-state index contributed by atoms with van der Waals surface area (Å²) in [7, 11) is 5.28. The number of halogens is 2. The minimum absolute atomic E-state index is 0.0915. The summed E-state index contributed by atoms with van der Waals surface area (Å²) in [5.74, 6) is 1.78. The molecule has 2 aliphatic rings. The van der Waals surface area contributed by atoms with Crippen LogP contribution in [0, 0.1) is 0 Å². The third-order valence-electron chi connectivity index (χ3n) is 7.12. The van der Waals surface area contributed by atoms with Gasteiger partial charge in [-0.1, -0.05) is 47.5 Å². The van der Waals surface area contributed by atoms with Crippen LogP contribution in [-0.2, 0) is 0 Å². The van der Waals surface area contributed by atoms with E-state index in [-0.39, 0.29) is 12.1 Å². The molecule has 2 atom stereocenters. The predicted molar refractivity (Wildman–Crippen MR) is 151 cm³/mol. The van der Waals surface area contributed by atoms with Gasteiger partial charge >= 0.3 is 6.03 Å². The number of ether oxygens (including phenoxy) is 2. The highest BCUT2D eigenvalue weighted by Gasteiger charge is 2.44. The summed E-state index contributed by atoms with van der Waals surface area (Å²) in [6.07, 6.45) is 0. The number of amidine groups is 1. The second-order valence-corrected chi connectivity index (χ2v) is 10.3. The Morgan fingerprint density at radius 2 is 1.45 bits per heavy atom. The molecule has 0 saturated carbocycles. The second-order valence-electron chi connectivity index (χ2n) is 9.45. The summed E-state index contributed by atoms with van der Waals surface area (Å²) in [5, 5.41) is 1.27. The Labute approximate surface area is 233 Å². The second kappa shape index (κ2) is 11.2. The molecule has 0 spiro atoms. The van der Waals surface area contributed by atoms with Gasteiger partial charge in [0.25, 0.3) is 0 Å². The maximum atomic E-state index is 14.3. The van der Waals surface area contributed by atoms with Gasteiger partial charge in [0.1, 0.15) is 23.4 Å². The third-order valence-corrected chi connectivity index (χ3v) is 7.62.